The van der Waals surface area contributed by atoms with Crippen molar-refractivity contribution < 1.29 is 9.53 Å². The van der Waals surface area contributed by atoms with Crippen LogP contribution >= 0.6 is 11.8 Å². The standard InChI is InChI=1S/C7H13NO2S/c1-10-6(9)7(11-2)3-4-8-5-7/h8H,3-5H2,1-2H3/t7-/m0/s1. The second-order valence-electron chi connectivity index (χ2n) is 2.62. The maximum atomic E-state index is 11.3. The number of nitrogens with one attached hydrogen (secondary N) is 1. The third-order valence-corrected chi connectivity index (χ3v) is 3.36. The van der Waals surface area contributed by atoms with Crippen molar-refractivity contribution in [3.8, 4) is 0 Å². The summed E-state index contributed by atoms with van der Waals surface area (Å²) in [6, 6.07) is 0. The van der Waals surface area contributed by atoms with Gasteiger partial charge in [-0.25, -0.2) is 0 Å². The second-order valence-corrected chi connectivity index (χ2v) is 3.81. The lowest BCUT2D eigenvalue weighted by atomic mass is 10.1. The lowest BCUT2D eigenvalue weighted by Gasteiger charge is -2.21. The fourth-order valence-electron chi connectivity index (χ4n) is 1.29. The number of thioether (sulfide) groups is 1. The molecular weight excluding hydrogens is 162 g/mol. The Hall–Kier alpha value is -0.220. The minimum Gasteiger partial charge on any atom is -0.468 e. The number of rotatable bonds is 2. The van der Waals surface area contributed by atoms with Crippen molar-refractivity contribution >= 4 is 17.7 Å². The van der Waals surface area contributed by atoms with Crippen LogP contribution in [-0.4, -0.2) is 37.2 Å². The largest absolute Gasteiger partial charge is 0.468 e. The van der Waals surface area contributed by atoms with Crippen molar-refractivity contribution in [1.82, 2.24) is 5.32 Å². The summed E-state index contributed by atoms with van der Waals surface area (Å²) in [6.45, 7) is 1.65. The Balaban J connectivity index is 2.66. The number of ether oxygens (including phenoxy) is 1. The van der Waals surface area contributed by atoms with E-state index in [1.165, 1.54) is 7.11 Å². The molecule has 0 saturated carbocycles. The van der Waals surface area contributed by atoms with Gasteiger partial charge in [0.2, 0.25) is 0 Å². The van der Waals surface area contributed by atoms with Crippen molar-refractivity contribution in [2.24, 2.45) is 0 Å². The molecule has 1 rings (SSSR count). The van der Waals surface area contributed by atoms with E-state index in [9.17, 15) is 4.79 Å². The summed E-state index contributed by atoms with van der Waals surface area (Å²) < 4.78 is 4.42. The zero-order valence-electron chi connectivity index (χ0n) is 6.85. The number of hydrogen-bond acceptors (Lipinski definition) is 4. The molecular formula is C7H13NO2S. The van der Waals surface area contributed by atoms with Crippen molar-refractivity contribution in [2.45, 2.75) is 11.2 Å². The molecule has 1 saturated heterocycles. The third kappa shape index (κ3) is 1.51. The zero-order valence-corrected chi connectivity index (χ0v) is 7.66. The van der Waals surface area contributed by atoms with E-state index in [0.29, 0.717) is 0 Å². The summed E-state index contributed by atoms with van der Waals surface area (Å²) in [5, 5.41) is 3.16. The van der Waals surface area contributed by atoms with Crippen LogP contribution in [0.3, 0.4) is 0 Å². The van der Waals surface area contributed by atoms with Gasteiger partial charge in [0.15, 0.2) is 0 Å². The summed E-state index contributed by atoms with van der Waals surface area (Å²) in [5.74, 6) is -0.102. The van der Waals surface area contributed by atoms with Crippen LogP contribution in [0.5, 0.6) is 0 Å². The molecule has 1 aliphatic heterocycles. The first-order chi connectivity index (χ1) is 5.25. The lowest BCUT2D eigenvalue weighted by Crippen LogP contribution is -2.38. The average molecular weight is 175 g/mol. The van der Waals surface area contributed by atoms with E-state index in [1.54, 1.807) is 11.8 Å². The Morgan fingerprint density at radius 1 is 1.73 bits per heavy atom. The summed E-state index contributed by atoms with van der Waals surface area (Å²) in [4.78, 5) is 11.3. The van der Waals surface area contributed by atoms with Crippen molar-refractivity contribution in [2.75, 3.05) is 26.5 Å². The van der Waals surface area contributed by atoms with Gasteiger partial charge in [-0.3, -0.25) is 4.79 Å². The summed E-state index contributed by atoms with van der Waals surface area (Å²) in [7, 11) is 1.44. The molecule has 1 N–H and O–H groups in total. The molecule has 0 unspecified atom stereocenters. The van der Waals surface area contributed by atoms with Gasteiger partial charge in [0, 0.05) is 6.54 Å². The molecule has 4 heteroatoms. The number of carbonyl (C=O) groups excluding carboxylic acids is 1. The Bertz CT molecular complexity index is 155. The van der Waals surface area contributed by atoms with Crippen LogP contribution in [0.4, 0.5) is 0 Å². The Morgan fingerprint density at radius 2 is 2.45 bits per heavy atom. The summed E-state index contributed by atoms with van der Waals surface area (Å²) in [6.07, 6.45) is 2.82. The van der Waals surface area contributed by atoms with E-state index in [1.807, 2.05) is 6.26 Å². The van der Waals surface area contributed by atoms with Gasteiger partial charge in [-0.05, 0) is 19.2 Å². The number of esters is 1. The van der Waals surface area contributed by atoms with Gasteiger partial charge < -0.3 is 10.1 Å². The van der Waals surface area contributed by atoms with Crippen LogP contribution in [0.15, 0.2) is 0 Å². The van der Waals surface area contributed by atoms with Crippen molar-refractivity contribution in [3.63, 3.8) is 0 Å². The molecule has 0 amide bonds. The maximum absolute atomic E-state index is 11.3. The Labute approximate surface area is 70.9 Å². The van der Waals surface area contributed by atoms with Crippen molar-refractivity contribution in [3.05, 3.63) is 0 Å². The monoisotopic (exact) mass is 175 g/mol. The Morgan fingerprint density at radius 3 is 2.82 bits per heavy atom. The first-order valence-electron chi connectivity index (χ1n) is 3.59. The molecule has 0 spiro atoms. The normalized spacial score (nSPS) is 30.4. The van der Waals surface area contributed by atoms with Gasteiger partial charge in [0.1, 0.15) is 4.75 Å². The van der Waals surface area contributed by atoms with Crippen LogP contribution in [0.25, 0.3) is 0 Å². The molecule has 11 heavy (non-hydrogen) atoms. The molecule has 0 aromatic rings. The van der Waals surface area contributed by atoms with E-state index >= 15 is 0 Å². The van der Waals surface area contributed by atoms with Crippen LogP contribution in [-0.2, 0) is 9.53 Å². The van der Waals surface area contributed by atoms with Gasteiger partial charge in [0.05, 0.1) is 7.11 Å². The van der Waals surface area contributed by atoms with E-state index in [-0.39, 0.29) is 10.7 Å². The van der Waals surface area contributed by atoms with E-state index in [0.717, 1.165) is 19.5 Å². The highest BCUT2D eigenvalue weighted by atomic mass is 32.2. The van der Waals surface area contributed by atoms with Gasteiger partial charge in [-0.1, -0.05) is 0 Å². The van der Waals surface area contributed by atoms with Crippen LogP contribution < -0.4 is 5.32 Å². The van der Waals surface area contributed by atoms with Crippen LogP contribution in [0, 0.1) is 0 Å². The molecule has 64 valence electrons. The van der Waals surface area contributed by atoms with E-state index in [4.69, 9.17) is 4.74 Å². The molecule has 3 nitrogen and oxygen atoms in total. The number of hydrogen-bond donors (Lipinski definition) is 1. The molecule has 1 atom stereocenters. The molecule has 0 bridgehead atoms. The maximum Gasteiger partial charge on any atom is 0.323 e. The highest BCUT2D eigenvalue weighted by molar-refractivity contribution is 8.00. The van der Waals surface area contributed by atoms with Gasteiger partial charge in [-0.2, -0.15) is 0 Å². The van der Waals surface area contributed by atoms with Gasteiger partial charge >= 0.3 is 5.97 Å². The fraction of sp³-hybridized carbons (Fsp3) is 0.857. The number of methoxy groups -OCH3 is 1. The minimum atomic E-state index is -0.311. The van der Waals surface area contributed by atoms with E-state index in [2.05, 4.69) is 5.32 Å². The lowest BCUT2D eigenvalue weighted by molar-refractivity contribution is -0.142. The van der Waals surface area contributed by atoms with E-state index < -0.39 is 0 Å². The quantitative estimate of drug-likeness (QED) is 0.611. The molecule has 0 radical (unpaired) electrons. The topological polar surface area (TPSA) is 38.3 Å². The molecule has 0 aromatic heterocycles. The highest BCUT2D eigenvalue weighted by Crippen LogP contribution is 2.30. The minimum absolute atomic E-state index is 0.102. The fourth-order valence-corrected chi connectivity index (χ4v) is 2.09. The second kappa shape index (κ2) is 3.45. The molecule has 0 aliphatic carbocycles. The molecule has 1 heterocycles. The first-order valence-corrected chi connectivity index (χ1v) is 4.82. The van der Waals surface area contributed by atoms with Crippen LogP contribution in [0.1, 0.15) is 6.42 Å². The zero-order chi connectivity index (χ0) is 8.32. The third-order valence-electron chi connectivity index (χ3n) is 2.06. The van der Waals surface area contributed by atoms with Crippen molar-refractivity contribution in [1.29, 1.82) is 0 Å². The highest BCUT2D eigenvalue weighted by Gasteiger charge is 2.41. The summed E-state index contributed by atoms with van der Waals surface area (Å²) >= 11 is 1.58. The average Bonchev–Trinajstić information content (AvgIpc) is 2.52. The van der Waals surface area contributed by atoms with Crippen LogP contribution in [0.2, 0.25) is 0 Å². The SMILES string of the molecule is COC(=O)[C@]1(SC)CCNC1. The molecule has 1 fully saturated rings. The Kier molecular flexibility index (Phi) is 2.78. The van der Waals surface area contributed by atoms with Gasteiger partial charge in [0.25, 0.3) is 0 Å². The number of carbonyl (C=O) groups is 1. The predicted molar refractivity (Wildman–Crippen MR) is 45.7 cm³/mol. The van der Waals surface area contributed by atoms with Gasteiger partial charge in [-0.15, -0.1) is 11.8 Å². The summed E-state index contributed by atoms with van der Waals surface area (Å²) in [5.41, 5.74) is 0. The predicted octanol–water partition coefficient (Wildman–Crippen LogP) is 0.254. The molecule has 0 aromatic carbocycles. The first kappa shape index (κ1) is 8.87. The smallest absolute Gasteiger partial charge is 0.323 e. The molecule has 1 aliphatic rings.